The van der Waals surface area contributed by atoms with E-state index >= 15 is 0 Å². The van der Waals surface area contributed by atoms with E-state index in [9.17, 15) is 14.0 Å². The molecule has 0 aliphatic carbocycles. The number of hydrogen-bond donors (Lipinski definition) is 2. The number of hydrogen-bond acceptors (Lipinski definition) is 3. The highest BCUT2D eigenvalue weighted by Gasteiger charge is 2.25. The van der Waals surface area contributed by atoms with Crippen molar-refractivity contribution in [3.8, 4) is 0 Å². The minimum absolute atomic E-state index is 0.100. The Morgan fingerprint density at radius 2 is 1.91 bits per heavy atom. The number of benzene rings is 2. The fourth-order valence-corrected chi connectivity index (χ4v) is 2.33. The molecule has 5 nitrogen and oxygen atoms in total. The third kappa shape index (κ3) is 2.76. The van der Waals surface area contributed by atoms with Crippen molar-refractivity contribution in [2.75, 3.05) is 28.6 Å². The molecule has 6 heteroatoms. The predicted octanol–water partition coefficient (Wildman–Crippen LogP) is 2.22. The summed E-state index contributed by atoms with van der Waals surface area (Å²) in [7, 11) is 0. The van der Waals surface area contributed by atoms with E-state index in [-0.39, 0.29) is 24.7 Å². The van der Waals surface area contributed by atoms with Gasteiger partial charge in [0.05, 0.1) is 23.6 Å². The first-order chi connectivity index (χ1) is 10.6. The zero-order valence-electron chi connectivity index (χ0n) is 11.7. The van der Waals surface area contributed by atoms with Crippen molar-refractivity contribution in [2.24, 2.45) is 0 Å². The van der Waals surface area contributed by atoms with Crippen molar-refractivity contribution in [1.29, 1.82) is 0 Å². The minimum atomic E-state index is -0.511. The Hall–Kier alpha value is -2.89. The van der Waals surface area contributed by atoms with Gasteiger partial charge >= 0.3 is 0 Å². The molecule has 22 heavy (non-hydrogen) atoms. The highest BCUT2D eigenvalue weighted by Crippen LogP contribution is 2.28. The molecule has 0 saturated carbocycles. The molecule has 2 amide bonds. The van der Waals surface area contributed by atoms with Gasteiger partial charge in [0.2, 0.25) is 11.8 Å². The number of fused-ring (bicyclic) bond motifs is 1. The predicted molar refractivity (Wildman–Crippen MR) is 82.3 cm³/mol. The van der Waals surface area contributed by atoms with E-state index in [0.717, 1.165) is 5.69 Å². The van der Waals surface area contributed by atoms with E-state index in [4.69, 9.17) is 0 Å². The lowest BCUT2D eigenvalue weighted by Gasteiger charge is -2.29. The molecule has 112 valence electrons. The summed E-state index contributed by atoms with van der Waals surface area (Å²) in [5.41, 5.74) is 1.53. The zero-order chi connectivity index (χ0) is 15.5. The van der Waals surface area contributed by atoms with Crippen molar-refractivity contribution >= 4 is 28.9 Å². The standard InChI is InChI=1S/C16H14FN3O2/c17-11-5-1-2-6-12(11)19-15(21)10-20-14-8-4-3-7-13(14)18-9-16(20)22/h1-8,18H,9-10H2,(H,19,21). The summed E-state index contributed by atoms with van der Waals surface area (Å²) in [4.78, 5) is 25.5. The highest BCUT2D eigenvalue weighted by atomic mass is 19.1. The van der Waals surface area contributed by atoms with Crippen molar-refractivity contribution in [3.05, 3.63) is 54.3 Å². The molecular formula is C16H14FN3O2. The highest BCUT2D eigenvalue weighted by molar-refractivity contribution is 6.07. The Kier molecular flexibility index (Phi) is 3.74. The third-order valence-corrected chi connectivity index (χ3v) is 3.38. The van der Waals surface area contributed by atoms with Gasteiger partial charge in [-0.25, -0.2) is 4.39 Å². The van der Waals surface area contributed by atoms with Crippen LogP contribution in [0.1, 0.15) is 0 Å². The second kappa shape index (κ2) is 5.85. The maximum atomic E-state index is 13.5. The van der Waals surface area contributed by atoms with Crippen LogP contribution in [0.25, 0.3) is 0 Å². The van der Waals surface area contributed by atoms with Crippen LogP contribution in [-0.4, -0.2) is 24.9 Å². The summed E-state index contributed by atoms with van der Waals surface area (Å²) in [6.45, 7) is -0.0319. The number of rotatable bonds is 3. The normalized spacial score (nSPS) is 13.3. The molecule has 2 aromatic carbocycles. The Labute approximate surface area is 126 Å². The first kappa shape index (κ1) is 14.1. The molecule has 1 aliphatic rings. The fraction of sp³-hybridized carbons (Fsp3) is 0.125. The minimum Gasteiger partial charge on any atom is -0.374 e. The lowest BCUT2D eigenvalue weighted by atomic mass is 10.2. The summed E-state index contributed by atoms with van der Waals surface area (Å²) in [6.07, 6.45) is 0. The number of para-hydroxylation sites is 3. The van der Waals surface area contributed by atoms with Gasteiger partial charge in [-0.1, -0.05) is 24.3 Å². The van der Waals surface area contributed by atoms with Crippen LogP contribution in [0.4, 0.5) is 21.5 Å². The number of halogens is 1. The Morgan fingerprint density at radius 1 is 1.18 bits per heavy atom. The lowest BCUT2D eigenvalue weighted by Crippen LogP contribution is -2.44. The number of nitrogens with one attached hydrogen (secondary N) is 2. The second-order valence-electron chi connectivity index (χ2n) is 4.88. The number of nitrogens with zero attached hydrogens (tertiary/aromatic N) is 1. The van der Waals surface area contributed by atoms with E-state index in [1.807, 2.05) is 12.1 Å². The number of amides is 2. The topological polar surface area (TPSA) is 61.4 Å². The van der Waals surface area contributed by atoms with Crippen molar-refractivity contribution < 1.29 is 14.0 Å². The Balaban J connectivity index is 1.77. The molecule has 0 unspecified atom stereocenters. The van der Waals surface area contributed by atoms with E-state index in [1.54, 1.807) is 24.3 Å². The molecule has 0 spiro atoms. The van der Waals surface area contributed by atoms with Crippen molar-refractivity contribution in [2.45, 2.75) is 0 Å². The maximum Gasteiger partial charge on any atom is 0.246 e. The molecular weight excluding hydrogens is 285 g/mol. The quantitative estimate of drug-likeness (QED) is 0.913. The summed E-state index contributed by atoms with van der Waals surface area (Å²) in [5, 5.41) is 5.47. The molecule has 0 aromatic heterocycles. The smallest absolute Gasteiger partial charge is 0.246 e. The average Bonchev–Trinajstić information content (AvgIpc) is 2.52. The molecule has 0 atom stereocenters. The van der Waals surface area contributed by atoms with Gasteiger partial charge in [0.1, 0.15) is 12.4 Å². The Bertz CT molecular complexity index is 733. The van der Waals surface area contributed by atoms with Gasteiger partial charge in [-0.3, -0.25) is 14.5 Å². The largest absolute Gasteiger partial charge is 0.374 e. The molecule has 2 aromatic rings. The molecule has 0 fully saturated rings. The SMILES string of the molecule is O=C(CN1C(=O)CNc2ccccc21)Nc1ccccc1F. The van der Waals surface area contributed by atoms with Gasteiger partial charge in [0, 0.05) is 0 Å². The van der Waals surface area contributed by atoms with E-state index < -0.39 is 11.7 Å². The van der Waals surface area contributed by atoms with Crippen LogP contribution < -0.4 is 15.5 Å². The molecule has 1 heterocycles. The van der Waals surface area contributed by atoms with Crippen molar-refractivity contribution in [1.82, 2.24) is 0 Å². The van der Waals surface area contributed by atoms with Crippen LogP contribution in [0, 0.1) is 5.82 Å². The lowest BCUT2D eigenvalue weighted by molar-refractivity contribution is -0.120. The van der Waals surface area contributed by atoms with Gasteiger partial charge in [0.15, 0.2) is 0 Å². The molecule has 1 aliphatic heterocycles. The maximum absolute atomic E-state index is 13.5. The van der Waals surface area contributed by atoms with Gasteiger partial charge in [-0.15, -0.1) is 0 Å². The fourth-order valence-electron chi connectivity index (χ4n) is 2.33. The third-order valence-electron chi connectivity index (χ3n) is 3.38. The van der Waals surface area contributed by atoms with Gasteiger partial charge in [-0.2, -0.15) is 0 Å². The van der Waals surface area contributed by atoms with E-state index in [2.05, 4.69) is 10.6 Å². The summed E-state index contributed by atoms with van der Waals surface area (Å²) in [6, 6.07) is 13.1. The first-order valence-corrected chi connectivity index (χ1v) is 6.83. The average molecular weight is 299 g/mol. The molecule has 2 N–H and O–H groups in total. The van der Waals surface area contributed by atoms with Gasteiger partial charge < -0.3 is 10.6 Å². The monoisotopic (exact) mass is 299 g/mol. The van der Waals surface area contributed by atoms with Crippen molar-refractivity contribution in [3.63, 3.8) is 0 Å². The van der Waals surface area contributed by atoms with Gasteiger partial charge in [-0.05, 0) is 24.3 Å². The zero-order valence-corrected chi connectivity index (χ0v) is 11.7. The molecule has 0 radical (unpaired) electrons. The number of anilines is 3. The Morgan fingerprint density at radius 3 is 2.73 bits per heavy atom. The second-order valence-corrected chi connectivity index (χ2v) is 4.88. The van der Waals surface area contributed by atoms with Crippen LogP contribution in [-0.2, 0) is 9.59 Å². The summed E-state index contributed by atoms with van der Waals surface area (Å²) >= 11 is 0. The summed E-state index contributed by atoms with van der Waals surface area (Å²) < 4.78 is 13.5. The van der Waals surface area contributed by atoms with Crippen LogP contribution in [0.3, 0.4) is 0 Å². The van der Waals surface area contributed by atoms with E-state index in [0.29, 0.717) is 5.69 Å². The van der Waals surface area contributed by atoms with E-state index in [1.165, 1.54) is 17.0 Å². The van der Waals surface area contributed by atoms with Gasteiger partial charge in [0.25, 0.3) is 0 Å². The van der Waals surface area contributed by atoms with Crippen LogP contribution in [0.15, 0.2) is 48.5 Å². The molecule has 3 rings (SSSR count). The number of carbonyl (C=O) groups excluding carboxylic acids is 2. The molecule has 0 saturated heterocycles. The van der Waals surface area contributed by atoms with Crippen LogP contribution >= 0.6 is 0 Å². The van der Waals surface area contributed by atoms with Crippen LogP contribution in [0.5, 0.6) is 0 Å². The number of carbonyl (C=O) groups is 2. The van der Waals surface area contributed by atoms with Crippen LogP contribution in [0.2, 0.25) is 0 Å². The first-order valence-electron chi connectivity index (χ1n) is 6.83. The summed E-state index contributed by atoms with van der Waals surface area (Å²) in [5.74, 6) is -1.17. The molecule has 0 bridgehead atoms.